The maximum Gasteiger partial charge on any atom is 0.507 e. The van der Waals surface area contributed by atoms with E-state index in [1.807, 2.05) is 0 Å². The molecule has 0 aromatic rings. The Bertz CT molecular complexity index is 243. The monoisotopic (exact) mass is 254 g/mol. The Balaban J connectivity index is 0. The lowest BCUT2D eigenvalue weighted by Crippen LogP contribution is -2.20. The Morgan fingerprint density at radius 1 is 1.06 bits per heavy atom. The number of rotatable bonds is 3. The zero-order valence-corrected chi connectivity index (χ0v) is 9.54. The summed E-state index contributed by atoms with van der Waals surface area (Å²) in [5.41, 5.74) is 0. The molecule has 0 aliphatic carbocycles. The highest BCUT2D eigenvalue weighted by Gasteiger charge is 2.09. The van der Waals surface area contributed by atoms with Crippen molar-refractivity contribution < 1.29 is 43.5 Å². The molecule has 17 heavy (non-hydrogen) atoms. The van der Waals surface area contributed by atoms with Crippen LogP contribution in [-0.4, -0.2) is 55.6 Å². The summed E-state index contributed by atoms with van der Waals surface area (Å²) >= 11 is 0. The molecule has 0 heterocycles. The smallest absolute Gasteiger partial charge is 0.450 e. The van der Waals surface area contributed by atoms with Gasteiger partial charge in [0.15, 0.2) is 0 Å². The number of carbonyl (C=O) groups excluding carboxylic acids is 1. The fourth-order valence-electron chi connectivity index (χ4n) is 0.478. The van der Waals surface area contributed by atoms with E-state index in [0.717, 1.165) is 0 Å². The van der Waals surface area contributed by atoms with Crippen LogP contribution in [0.5, 0.6) is 0 Å². The number of carboxylic acid groups (broad SMARTS) is 2. The molecule has 0 aromatic carbocycles. The first-order chi connectivity index (χ1) is 7.83. The molecule has 0 saturated carbocycles. The van der Waals surface area contributed by atoms with E-state index in [-0.39, 0.29) is 6.61 Å². The topological polar surface area (TPSA) is 129 Å². The average molecular weight is 254 g/mol. The molecule has 0 aromatic heterocycles. The molecular formula is C8H14O9. The third-order valence-corrected chi connectivity index (χ3v) is 1.08. The Morgan fingerprint density at radius 2 is 1.53 bits per heavy atom. The minimum Gasteiger partial charge on any atom is -0.450 e. The zero-order chi connectivity index (χ0) is 13.8. The maximum atomic E-state index is 9.83. The minimum atomic E-state index is -1.45. The molecule has 0 spiro atoms. The van der Waals surface area contributed by atoms with Gasteiger partial charge in [-0.3, -0.25) is 0 Å². The third kappa shape index (κ3) is 16.5. The van der Waals surface area contributed by atoms with Gasteiger partial charge in [-0.05, 0) is 6.92 Å². The molecule has 0 radical (unpaired) electrons. The van der Waals surface area contributed by atoms with Crippen molar-refractivity contribution in [2.45, 2.75) is 13.0 Å². The molecule has 9 nitrogen and oxygen atoms in total. The van der Waals surface area contributed by atoms with E-state index >= 15 is 0 Å². The standard InChI is InChI=1S/C5H8O6.C3H6O3/c1-3(11-5(8)9)2-10-4(6)7;1-5-3(4)6-2/h3H,2H2,1H3,(H,6,7)(H,8,9);1-2H3. The van der Waals surface area contributed by atoms with Crippen LogP contribution >= 0.6 is 0 Å². The van der Waals surface area contributed by atoms with Crippen LogP contribution in [0.15, 0.2) is 0 Å². The molecule has 0 fully saturated rings. The molecule has 0 aliphatic rings. The van der Waals surface area contributed by atoms with E-state index in [4.69, 9.17) is 10.2 Å². The second-order valence-electron chi connectivity index (χ2n) is 2.43. The minimum absolute atomic E-state index is 0.290. The maximum absolute atomic E-state index is 9.83. The SMILES string of the molecule is CC(COC(=O)O)OC(=O)O.COC(=O)OC. The fourth-order valence-corrected chi connectivity index (χ4v) is 0.478. The highest BCUT2D eigenvalue weighted by Crippen LogP contribution is 1.92. The molecule has 0 rings (SSSR count). The van der Waals surface area contributed by atoms with Crippen LogP contribution < -0.4 is 0 Å². The number of hydrogen-bond acceptors (Lipinski definition) is 7. The number of carbonyl (C=O) groups is 3. The van der Waals surface area contributed by atoms with Gasteiger partial charge in [-0.15, -0.1) is 0 Å². The van der Waals surface area contributed by atoms with E-state index in [0.29, 0.717) is 0 Å². The first-order valence-corrected chi connectivity index (χ1v) is 4.20. The fraction of sp³-hybridized carbons (Fsp3) is 0.625. The summed E-state index contributed by atoms with van der Waals surface area (Å²) in [7, 11) is 2.51. The lowest BCUT2D eigenvalue weighted by Gasteiger charge is -2.08. The van der Waals surface area contributed by atoms with Crippen molar-refractivity contribution in [3.63, 3.8) is 0 Å². The molecule has 1 atom stereocenters. The molecule has 2 N–H and O–H groups in total. The van der Waals surface area contributed by atoms with Crippen LogP contribution in [0.3, 0.4) is 0 Å². The van der Waals surface area contributed by atoms with Gasteiger partial charge < -0.3 is 29.2 Å². The van der Waals surface area contributed by atoms with Crippen LogP contribution in [0.25, 0.3) is 0 Å². The van der Waals surface area contributed by atoms with Crippen molar-refractivity contribution >= 4 is 18.5 Å². The predicted octanol–water partition coefficient (Wildman–Crippen LogP) is 1.16. The van der Waals surface area contributed by atoms with Gasteiger partial charge in [0.2, 0.25) is 0 Å². The highest BCUT2D eigenvalue weighted by atomic mass is 16.7. The summed E-state index contributed by atoms with van der Waals surface area (Å²) in [6.45, 7) is 1.10. The Kier molecular flexibility index (Phi) is 10.5. The van der Waals surface area contributed by atoms with E-state index in [1.165, 1.54) is 21.1 Å². The van der Waals surface area contributed by atoms with Crippen LogP contribution in [0.4, 0.5) is 14.4 Å². The molecule has 0 aliphatic heterocycles. The van der Waals surface area contributed by atoms with Crippen LogP contribution in [0, 0.1) is 0 Å². The van der Waals surface area contributed by atoms with Gasteiger partial charge in [-0.2, -0.15) is 0 Å². The Morgan fingerprint density at radius 3 is 1.76 bits per heavy atom. The quantitative estimate of drug-likeness (QED) is 0.562. The molecule has 1 unspecified atom stereocenters. The molecule has 0 saturated heterocycles. The lowest BCUT2D eigenvalue weighted by atomic mass is 10.4. The molecular weight excluding hydrogens is 240 g/mol. The Labute approximate surface area is 96.8 Å². The molecule has 100 valence electrons. The van der Waals surface area contributed by atoms with Gasteiger partial charge in [0, 0.05) is 0 Å². The lowest BCUT2D eigenvalue weighted by molar-refractivity contribution is 0.0122. The summed E-state index contributed by atoms with van der Waals surface area (Å²) in [5, 5.41) is 16.0. The van der Waals surface area contributed by atoms with Crippen LogP contribution in [-0.2, 0) is 18.9 Å². The second-order valence-corrected chi connectivity index (χ2v) is 2.43. The van der Waals surface area contributed by atoms with Gasteiger partial charge in [0.05, 0.1) is 14.2 Å². The molecule has 0 amide bonds. The van der Waals surface area contributed by atoms with Gasteiger partial charge >= 0.3 is 18.5 Å². The average Bonchev–Trinajstić information content (AvgIpc) is 2.25. The Hall–Kier alpha value is -2.19. The summed E-state index contributed by atoms with van der Waals surface area (Å²) < 4.78 is 16.2. The first-order valence-electron chi connectivity index (χ1n) is 4.20. The number of ether oxygens (including phenoxy) is 4. The summed E-state index contributed by atoms with van der Waals surface area (Å²) in [4.78, 5) is 29.3. The van der Waals surface area contributed by atoms with E-state index in [1.54, 1.807) is 0 Å². The zero-order valence-electron chi connectivity index (χ0n) is 9.54. The van der Waals surface area contributed by atoms with Crippen molar-refractivity contribution in [1.82, 2.24) is 0 Å². The van der Waals surface area contributed by atoms with Gasteiger partial charge in [-0.1, -0.05) is 0 Å². The van der Waals surface area contributed by atoms with Crippen molar-refractivity contribution in [2.24, 2.45) is 0 Å². The van der Waals surface area contributed by atoms with E-state index in [2.05, 4.69) is 18.9 Å². The van der Waals surface area contributed by atoms with Gasteiger partial charge in [-0.25, -0.2) is 14.4 Å². The number of hydrogen-bond donors (Lipinski definition) is 2. The van der Waals surface area contributed by atoms with Crippen molar-refractivity contribution in [1.29, 1.82) is 0 Å². The third-order valence-electron chi connectivity index (χ3n) is 1.08. The van der Waals surface area contributed by atoms with Crippen molar-refractivity contribution in [2.75, 3.05) is 20.8 Å². The van der Waals surface area contributed by atoms with Gasteiger partial charge in [0.1, 0.15) is 12.7 Å². The summed E-state index contributed by atoms with van der Waals surface area (Å²) in [6, 6.07) is 0. The number of methoxy groups -OCH3 is 2. The molecule has 9 heteroatoms. The van der Waals surface area contributed by atoms with Crippen LogP contribution in [0.1, 0.15) is 6.92 Å². The van der Waals surface area contributed by atoms with E-state index < -0.39 is 24.6 Å². The second kappa shape index (κ2) is 10.3. The summed E-state index contributed by atoms with van der Waals surface area (Å²) in [6.07, 6.45) is -4.34. The predicted molar refractivity (Wildman–Crippen MR) is 52.0 cm³/mol. The normalized spacial score (nSPS) is 10.1. The van der Waals surface area contributed by atoms with Crippen molar-refractivity contribution in [3.8, 4) is 0 Å². The highest BCUT2D eigenvalue weighted by molar-refractivity contribution is 5.59. The van der Waals surface area contributed by atoms with Crippen molar-refractivity contribution in [3.05, 3.63) is 0 Å². The van der Waals surface area contributed by atoms with Gasteiger partial charge in [0.25, 0.3) is 0 Å². The van der Waals surface area contributed by atoms with E-state index in [9.17, 15) is 14.4 Å². The summed E-state index contributed by atoms with van der Waals surface area (Å²) in [5.74, 6) is 0. The molecule has 0 bridgehead atoms. The largest absolute Gasteiger partial charge is 0.507 e. The first kappa shape index (κ1) is 17.2. The van der Waals surface area contributed by atoms with Crippen LogP contribution in [0.2, 0.25) is 0 Å².